The van der Waals surface area contributed by atoms with E-state index in [1.807, 2.05) is 0 Å². The Morgan fingerprint density at radius 1 is 1.47 bits per heavy atom. The molecule has 0 aliphatic heterocycles. The SMILES string of the molecule is Cn1c(C(=O)NC2CCCCC2O)ccc1[N+](=O)[O-]. The average Bonchev–Trinajstić information content (AvgIpc) is 2.74. The Morgan fingerprint density at radius 3 is 2.74 bits per heavy atom. The van der Waals surface area contributed by atoms with Crippen LogP contribution in [0.5, 0.6) is 0 Å². The smallest absolute Gasteiger partial charge is 0.323 e. The van der Waals surface area contributed by atoms with Gasteiger partial charge in [0.05, 0.1) is 19.2 Å². The van der Waals surface area contributed by atoms with Crippen molar-refractivity contribution < 1.29 is 14.8 Å². The predicted octanol–water partition coefficient (Wildman–Crippen LogP) is 0.967. The number of hydrogen-bond acceptors (Lipinski definition) is 4. The number of aliphatic hydroxyl groups is 1. The highest BCUT2D eigenvalue weighted by molar-refractivity contribution is 5.93. The van der Waals surface area contributed by atoms with Crippen LogP contribution in [-0.2, 0) is 7.05 Å². The first-order valence-corrected chi connectivity index (χ1v) is 6.29. The van der Waals surface area contributed by atoms with E-state index in [1.54, 1.807) is 0 Å². The molecule has 2 atom stereocenters. The normalized spacial score (nSPS) is 23.1. The summed E-state index contributed by atoms with van der Waals surface area (Å²) in [6.07, 6.45) is 2.81. The van der Waals surface area contributed by atoms with Crippen LogP contribution in [0.1, 0.15) is 36.2 Å². The Balaban J connectivity index is 2.09. The van der Waals surface area contributed by atoms with Gasteiger partial charge in [0.25, 0.3) is 5.91 Å². The van der Waals surface area contributed by atoms with Gasteiger partial charge < -0.3 is 20.5 Å². The number of rotatable bonds is 3. The third kappa shape index (κ3) is 2.76. The topological polar surface area (TPSA) is 97.4 Å². The third-order valence-electron chi connectivity index (χ3n) is 3.56. The number of carbonyl (C=O) groups is 1. The summed E-state index contributed by atoms with van der Waals surface area (Å²) >= 11 is 0. The lowest BCUT2D eigenvalue weighted by Crippen LogP contribution is -2.45. The van der Waals surface area contributed by atoms with Gasteiger partial charge >= 0.3 is 5.82 Å². The molecule has 2 N–H and O–H groups in total. The van der Waals surface area contributed by atoms with E-state index >= 15 is 0 Å². The quantitative estimate of drug-likeness (QED) is 0.629. The van der Waals surface area contributed by atoms with Gasteiger partial charge in [0.1, 0.15) is 0 Å². The molecule has 2 unspecified atom stereocenters. The monoisotopic (exact) mass is 267 g/mol. The zero-order valence-electron chi connectivity index (χ0n) is 10.7. The van der Waals surface area contributed by atoms with Gasteiger partial charge in [-0.05, 0) is 23.8 Å². The van der Waals surface area contributed by atoms with E-state index in [4.69, 9.17) is 0 Å². The third-order valence-corrected chi connectivity index (χ3v) is 3.56. The molecule has 104 valence electrons. The van der Waals surface area contributed by atoms with Crippen LogP contribution in [0.25, 0.3) is 0 Å². The molecule has 1 saturated carbocycles. The summed E-state index contributed by atoms with van der Waals surface area (Å²) in [6.45, 7) is 0. The molecule has 19 heavy (non-hydrogen) atoms. The lowest BCUT2D eigenvalue weighted by molar-refractivity contribution is -0.391. The number of hydrogen-bond donors (Lipinski definition) is 2. The van der Waals surface area contributed by atoms with Gasteiger partial charge in [0, 0.05) is 6.07 Å². The van der Waals surface area contributed by atoms with Gasteiger partial charge in [-0.1, -0.05) is 12.8 Å². The highest BCUT2D eigenvalue weighted by atomic mass is 16.6. The lowest BCUT2D eigenvalue weighted by atomic mass is 9.92. The highest BCUT2D eigenvalue weighted by Gasteiger charge is 2.27. The van der Waals surface area contributed by atoms with Crippen LogP contribution in [0.3, 0.4) is 0 Å². The molecular weight excluding hydrogens is 250 g/mol. The van der Waals surface area contributed by atoms with Crippen molar-refractivity contribution in [2.45, 2.75) is 37.8 Å². The molecule has 1 fully saturated rings. The minimum absolute atomic E-state index is 0.130. The standard InChI is InChI=1S/C12H17N3O4/c1-14-9(6-7-11(14)15(18)19)12(17)13-8-4-2-3-5-10(8)16/h6-8,10,16H,2-5H2,1H3,(H,13,17). The lowest BCUT2D eigenvalue weighted by Gasteiger charge is -2.27. The maximum atomic E-state index is 12.0. The second-order valence-electron chi connectivity index (χ2n) is 4.82. The number of aliphatic hydroxyl groups excluding tert-OH is 1. The summed E-state index contributed by atoms with van der Waals surface area (Å²) in [6, 6.07) is 2.45. The molecule has 0 bridgehead atoms. The number of carbonyl (C=O) groups excluding carboxylic acids is 1. The molecule has 1 amide bonds. The molecule has 1 heterocycles. The molecule has 0 spiro atoms. The van der Waals surface area contributed by atoms with E-state index in [-0.39, 0.29) is 23.5 Å². The van der Waals surface area contributed by atoms with Crippen LogP contribution in [0.4, 0.5) is 5.82 Å². The van der Waals surface area contributed by atoms with Crippen LogP contribution in [0.15, 0.2) is 12.1 Å². The predicted molar refractivity (Wildman–Crippen MR) is 67.8 cm³/mol. The Kier molecular flexibility index (Phi) is 3.84. The first-order valence-electron chi connectivity index (χ1n) is 6.29. The molecule has 0 aromatic carbocycles. The van der Waals surface area contributed by atoms with Crippen molar-refractivity contribution in [2.75, 3.05) is 0 Å². The second kappa shape index (κ2) is 5.40. The fourth-order valence-corrected chi connectivity index (χ4v) is 2.43. The van der Waals surface area contributed by atoms with Crippen molar-refractivity contribution in [1.29, 1.82) is 0 Å². The highest BCUT2D eigenvalue weighted by Crippen LogP contribution is 2.20. The van der Waals surface area contributed by atoms with Crippen LogP contribution in [0.2, 0.25) is 0 Å². The van der Waals surface area contributed by atoms with Gasteiger partial charge in [0.15, 0.2) is 5.69 Å². The maximum absolute atomic E-state index is 12.0. The Morgan fingerprint density at radius 2 is 2.16 bits per heavy atom. The van der Waals surface area contributed by atoms with Crippen molar-refractivity contribution >= 4 is 11.7 Å². The van der Waals surface area contributed by atoms with Crippen LogP contribution in [-0.4, -0.2) is 32.6 Å². The minimum atomic E-state index is -0.535. The molecule has 1 aliphatic carbocycles. The Labute approximate surface area is 110 Å². The van der Waals surface area contributed by atoms with Crippen LogP contribution < -0.4 is 5.32 Å². The largest absolute Gasteiger partial charge is 0.391 e. The molecular formula is C12H17N3O4. The number of nitrogens with zero attached hydrogens (tertiary/aromatic N) is 2. The second-order valence-corrected chi connectivity index (χ2v) is 4.82. The van der Waals surface area contributed by atoms with E-state index in [9.17, 15) is 20.0 Å². The van der Waals surface area contributed by atoms with Crippen molar-refractivity contribution in [3.8, 4) is 0 Å². The summed E-state index contributed by atoms with van der Waals surface area (Å²) in [7, 11) is 1.48. The molecule has 1 aliphatic rings. The molecule has 0 radical (unpaired) electrons. The average molecular weight is 267 g/mol. The number of amides is 1. The zero-order valence-corrected chi connectivity index (χ0v) is 10.7. The maximum Gasteiger partial charge on any atom is 0.323 e. The van der Waals surface area contributed by atoms with Crippen LogP contribution >= 0.6 is 0 Å². The van der Waals surface area contributed by atoms with E-state index in [0.29, 0.717) is 6.42 Å². The van der Waals surface area contributed by atoms with Crippen molar-refractivity contribution in [3.05, 3.63) is 27.9 Å². The zero-order chi connectivity index (χ0) is 14.0. The molecule has 1 aromatic heterocycles. The van der Waals surface area contributed by atoms with Gasteiger partial charge in [-0.15, -0.1) is 0 Å². The Hall–Kier alpha value is -1.89. The van der Waals surface area contributed by atoms with Gasteiger partial charge in [-0.2, -0.15) is 0 Å². The van der Waals surface area contributed by atoms with Gasteiger partial charge in [-0.3, -0.25) is 4.79 Å². The summed E-state index contributed by atoms with van der Waals surface area (Å²) in [5.41, 5.74) is 0.226. The van der Waals surface area contributed by atoms with E-state index < -0.39 is 11.0 Å². The fourth-order valence-electron chi connectivity index (χ4n) is 2.43. The van der Waals surface area contributed by atoms with E-state index in [2.05, 4.69) is 5.32 Å². The van der Waals surface area contributed by atoms with Gasteiger partial charge in [-0.25, -0.2) is 4.57 Å². The van der Waals surface area contributed by atoms with E-state index in [0.717, 1.165) is 19.3 Å². The number of nitro groups is 1. The number of aromatic nitrogens is 1. The summed E-state index contributed by atoms with van der Waals surface area (Å²) in [5, 5.41) is 23.3. The molecule has 7 heteroatoms. The van der Waals surface area contributed by atoms with Crippen molar-refractivity contribution in [1.82, 2.24) is 9.88 Å². The molecule has 2 rings (SSSR count). The Bertz CT molecular complexity index is 497. The van der Waals surface area contributed by atoms with Crippen molar-refractivity contribution in [3.63, 3.8) is 0 Å². The number of nitrogens with one attached hydrogen (secondary N) is 1. The first-order chi connectivity index (χ1) is 9.00. The summed E-state index contributed by atoms with van der Waals surface area (Å²) < 4.78 is 1.24. The fraction of sp³-hybridized carbons (Fsp3) is 0.583. The van der Waals surface area contributed by atoms with Crippen molar-refractivity contribution in [2.24, 2.45) is 7.05 Å². The summed E-state index contributed by atoms with van der Waals surface area (Å²) in [4.78, 5) is 22.2. The first kappa shape index (κ1) is 13.5. The summed E-state index contributed by atoms with van der Waals surface area (Å²) in [5.74, 6) is -0.518. The molecule has 0 saturated heterocycles. The van der Waals surface area contributed by atoms with Crippen LogP contribution in [0, 0.1) is 10.1 Å². The molecule has 7 nitrogen and oxygen atoms in total. The minimum Gasteiger partial charge on any atom is -0.391 e. The van der Waals surface area contributed by atoms with E-state index in [1.165, 1.54) is 23.7 Å². The molecule has 1 aromatic rings. The van der Waals surface area contributed by atoms with Gasteiger partial charge in [0.2, 0.25) is 0 Å².